The fraction of sp³-hybridized carbons (Fsp3) is 0.478. The number of ketones is 1. The van der Waals surface area contributed by atoms with Gasteiger partial charge in [0.2, 0.25) is 0 Å². The van der Waals surface area contributed by atoms with E-state index in [1.165, 1.54) is 24.1 Å². The van der Waals surface area contributed by atoms with E-state index in [-0.39, 0.29) is 11.2 Å². The molecule has 158 valence electrons. The van der Waals surface area contributed by atoms with E-state index in [2.05, 4.69) is 28.9 Å². The molecule has 0 bridgehead atoms. The van der Waals surface area contributed by atoms with E-state index in [0.29, 0.717) is 6.54 Å². The van der Waals surface area contributed by atoms with Gasteiger partial charge in [-0.05, 0) is 43.4 Å². The molecule has 7 heteroatoms. The predicted octanol–water partition coefficient (Wildman–Crippen LogP) is 3.81. The number of carbonyl (C=O) groups is 1. The van der Waals surface area contributed by atoms with Gasteiger partial charge in [-0.25, -0.2) is 4.98 Å². The largest absolute Gasteiger partial charge is 0.503 e. The van der Waals surface area contributed by atoms with E-state index in [4.69, 9.17) is 4.98 Å². The van der Waals surface area contributed by atoms with Crippen molar-refractivity contribution in [3.05, 3.63) is 52.2 Å². The van der Waals surface area contributed by atoms with Gasteiger partial charge < -0.3 is 9.67 Å². The maximum atomic E-state index is 12.1. The van der Waals surface area contributed by atoms with Crippen molar-refractivity contribution >= 4 is 16.8 Å². The summed E-state index contributed by atoms with van der Waals surface area (Å²) in [5.74, 6) is -0.887. The first kappa shape index (κ1) is 20.3. The number of aryl methyl sites for hydroxylation is 1. The lowest BCUT2D eigenvalue weighted by Gasteiger charge is -2.32. The number of aromatic nitrogens is 4. The quantitative estimate of drug-likeness (QED) is 0.600. The van der Waals surface area contributed by atoms with Crippen LogP contribution in [0.2, 0.25) is 0 Å². The number of aromatic hydroxyl groups is 1. The topological polar surface area (TPSA) is 90.0 Å². The number of nitrogens with zero attached hydrogens (tertiary/aromatic N) is 4. The first-order chi connectivity index (χ1) is 14.4. The summed E-state index contributed by atoms with van der Waals surface area (Å²) in [5.41, 5.74) is 1.06. The molecule has 1 fully saturated rings. The summed E-state index contributed by atoms with van der Waals surface area (Å²) >= 11 is 0. The number of unbranched alkanes of at least 4 members (excludes halogenated alkanes) is 1. The molecule has 0 spiro atoms. The Balaban J connectivity index is 1.82. The van der Waals surface area contributed by atoms with Crippen LogP contribution in [0.25, 0.3) is 11.0 Å². The summed E-state index contributed by atoms with van der Waals surface area (Å²) in [6, 6.07) is 4.10. The van der Waals surface area contributed by atoms with Crippen LogP contribution in [-0.4, -0.2) is 30.2 Å². The molecule has 0 atom stereocenters. The van der Waals surface area contributed by atoms with Gasteiger partial charge in [0.05, 0.1) is 18.3 Å². The van der Waals surface area contributed by atoms with Gasteiger partial charge in [0.1, 0.15) is 5.65 Å². The normalized spacial score (nSPS) is 15.7. The number of fused-ring (bicyclic) bond motifs is 1. The lowest BCUT2D eigenvalue weighted by Crippen LogP contribution is -2.36. The standard InChI is InChI=1S/C23H28N4O3/c1-3-4-8-17-13-27(22-18(17)9-7-12-24-22)23(10-5-6-11-23)15-26-14-19(29)21(30)20(25-26)16(2)28/h7,9,12-14,29H,3-6,8,10-11,15H2,1-2H3. The smallest absolute Gasteiger partial charge is 0.252 e. The molecule has 0 aliphatic heterocycles. The monoisotopic (exact) mass is 408 g/mol. The zero-order chi connectivity index (χ0) is 21.3. The molecule has 30 heavy (non-hydrogen) atoms. The van der Waals surface area contributed by atoms with E-state index >= 15 is 0 Å². The summed E-state index contributed by atoms with van der Waals surface area (Å²) in [6.45, 7) is 3.95. The minimum Gasteiger partial charge on any atom is -0.503 e. The Bertz CT molecular complexity index is 1140. The minimum absolute atomic E-state index is 0.220. The molecule has 1 aliphatic carbocycles. The second kappa shape index (κ2) is 8.05. The number of hydrogen-bond donors (Lipinski definition) is 1. The van der Waals surface area contributed by atoms with Crippen LogP contribution in [0.5, 0.6) is 5.75 Å². The van der Waals surface area contributed by atoms with Crippen LogP contribution < -0.4 is 5.43 Å². The predicted molar refractivity (Wildman–Crippen MR) is 115 cm³/mol. The first-order valence-corrected chi connectivity index (χ1v) is 10.7. The number of rotatable bonds is 7. The van der Waals surface area contributed by atoms with Gasteiger partial charge in [-0.15, -0.1) is 0 Å². The molecule has 0 amide bonds. The van der Waals surface area contributed by atoms with E-state index in [0.717, 1.165) is 50.6 Å². The lowest BCUT2D eigenvalue weighted by molar-refractivity contribution is 0.100. The van der Waals surface area contributed by atoms with Gasteiger partial charge in [-0.1, -0.05) is 26.2 Å². The van der Waals surface area contributed by atoms with Crippen molar-refractivity contribution in [1.82, 2.24) is 19.3 Å². The second-order valence-electron chi connectivity index (χ2n) is 8.38. The highest BCUT2D eigenvalue weighted by Crippen LogP contribution is 2.41. The highest BCUT2D eigenvalue weighted by Gasteiger charge is 2.38. The van der Waals surface area contributed by atoms with E-state index in [1.807, 2.05) is 12.3 Å². The van der Waals surface area contributed by atoms with Crippen LogP contribution in [0.1, 0.15) is 68.4 Å². The molecule has 0 saturated heterocycles. The Kier molecular flexibility index (Phi) is 5.45. The number of Topliss-reactive ketones (excluding diaryl/α,β-unsaturated/α-hetero) is 1. The summed E-state index contributed by atoms with van der Waals surface area (Å²) in [6.07, 6.45) is 12.7. The summed E-state index contributed by atoms with van der Waals surface area (Å²) in [4.78, 5) is 28.6. The first-order valence-electron chi connectivity index (χ1n) is 10.7. The van der Waals surface area contributed by atoms with Gasteiger partial charge in [-0.3, -0.25) is 14.3 Å². The Morgan fingerprint density at radius 1 is 1.27 bits per heavy atom. The van der Waals surface area contributed by atoms with Crippen LogP contribution in [0.3, 0.4) is 0 Å². The SMILES string of the molecule is CCCCc1cn(C2(Cn3cc(O)c(=O)c(C(C)=O)n3)CCCC2)c2ncccc12. The molecule has 1 saturated carbocycles. The van der Waals surface area contributed by atoms with Gasteiger partial charge in [0.15, 0.2) is 17.2 Å². The zero-order valence-corrected chi connectivity index (χ0v) is 17.6. The highest BCUT2D eigenvalue weighted by molar-refractivity contribution is 5.92. The highest BCUT2D eigenvalue weighted by atomic mass is 16.3. The maximum Gasteiger partial charge on any atom is 0.252 e. The Morgan fingerprint density at radius 3 is 2.73 bits per heavy atom. The third-order valence-corrected chi connectivity index (χ3v) is 6.23. The van der Waals surface area contributed by atoms with E-state index in [1.54, 1.807) is 4.68 Å². The maximum absolute atomic E-state index is 12.1. The summed E-state index contributed by atoms with van der Waals surface area (Å²) in [7, 11) is 0. The van der Waals surface area contributed by atoms with Gasteiger partial charge in [0.25, 0.3) is 5.43 Å². The van der Waals surface area contributed by atoms with Crippen LogP contribution >= 0.6 is 0 Å². The zero-order valence-electron chi connectivity index (χ0n) is 17.6. The fourth-order valence-electron chi connectivity index (χ4n) is 4.70. The van der Waals surface area contributed by atoms with Crippen molar-refractivity contribution < 1.29 is 9.90 Å². The molecule has 0 radical (unpaired) electrons. The van der Waals surface area contributed by atoms with Crippen LogP contribution in [0.15, 0.2) is 35.5 Å². The van der Waals surface area contributed by atoms with Crippen LogP contribution in [-0.2, 0) is 18.5 Å². The fourth-order valence-corrected chi connectivity index (χ4v) is 4.70. The molecule has 7 nitrogen and oxygen atoms in total. The molecule has 3 heterocycles. The average molecular weight is 409 g/mol. The summed E-state index contributed by atoms with van der Waals surface area (Å²) in [5, 5.41) is 15.5. The van der Waals surface area contributed by atoms with Gasteiger partial charge >= 0.3 is 0 Å². The molecule has 0 aromatic carbocycles. The molecular formula is C23H28N4O3. The van der Waals surface area contributed by atoms with Crippen molar-refractivity contribution in [2.24, 2.45) is 0 Å². The molecule has 1 N–H and O–H groups in total. The van der Waals surface area contributed by atoms with E-state index in [9.17, 15) is 14.7 Å². The van der Waals surface area contributed by atoms with Crippen LogP contribution in [0, 0.1) is 0 Å². The Labute approximate surface area is 175 Å². The number of carbonyl (C=O) groups excluding carboxylic acids is 1. The minimum atomic E-state index is -0.714. The number of pyridine rings is 1. The second-order valence-corrected chi connectivity index (χ2v) is 8.38. The molecule has 4 rings (SSSR count). The van der Waals surface area contributed by atoms with Crippen molar-refractivity contribution in [2.45, 2.75) is 70.9 Å². The Hall–Kier alpha value is -2.96. The molecule has 1 aliphatic rings. The van der Waals surface area contributed by atoms with Gasteiger partial charge in [-0.2, -0.15) is 5.10 Å². The number of hydrogen-bond acceptors (Lipinski definition) is 5. The molecule has 3 aromatic rings. The molecule has 3 aromatic heterocycles. The van der Waals surface area contributed by atoms with Gasteiger partial charge in [0, 0.05) is 24.7 Å². The Morgan fingerprint density at radius 2 is 2.03 bits per heavy atom. The van der Waals surface area contributed by atoms with Crippen LogP contribution in [0.4, 0.5) is 0 Å². The third-order valence-electron chi connectivity index (χ3n) is 6.23. The van der Waals surface area contributed by atoms with E-state index < -0.39 is 17.0 Å². The van der Waals surface area contributed by atoms with Crippen molar-refractivity contribution in [2.75, 3.05) is 0 Å². The molecular weight excluding hydrogens is 380 g/mol. The molecule has 0 unspecified atom stereocenters. The summed E-state index contributed by atoms with van der Waals surface area (Å²) < 4.78 is 3.84. The van der Waals surface area contributed by atoms with Crippen molar-refractivity contribution in [3.8, 4) is 5.75 Å². The average Bonchev–Trinajstić information content (AvgIpc) is 3.34. The van der Waals surface area contributed by atoms with Crippen molar-refractivity contribution in [1.29, 1.82) is 0 Å². The lowest BCUT2D eigenvalue weighted by atomic mass is 9.97. The third kappa shape index (κ3) is 3.53. The van der Waals surface area contributed by atoms with Crippen molar-refractivity contribution in [3.63, 3.8) is 0 Å².